The first kappa shape index (κ1) is 11.3. The molecule has 1 N–H and O–H groups in total. The van der Waals surface area contributed by atoms with Gasteiger partial charge < -0.3 is 9.73 Å². The monoisotopic (exact) mass is 227 g/mol. The van der Waals surface area contributed by atoms with Crippen LogP contribution in [0.4, 0.5) is 0 Å². The number of furan rings is 1. The minimum atomic E-state index is -0.155. The standard InChI is InChI=1S/C14H13NO2/c1-3-6-10(2)15-14(16)12-9-17-13-8-5-4-7-11(12)13/h1,4-5,7-10H,6H2,2H3,(H,15,16). The van der Waals surface area contributed by atoms with E-state index in [1.54, 1.807) is 0 Å². The second-order valence-corrected chi connectivity index (χ2v) is 3.93. The molecule has 86 valence electrons. The van der Waals surface area contributed by atoms with E-state index in [9.17, 15) is 4.79 Å². The molecule has 0 aliphatic rings. The first-order valence-electron chi connectivity index (χ1n) is 5.43. The zero-order valence-electron chi connectivity index (χ0n) is 9.57. The van der Waals surface area contributed by atoms with Crippen LogP contribution in [-0.2, 0) is 0 Å². The fourth-order valence-corrected chi connectivity index (χ4v) is 1.68. The number of amides is 1. The minimum absolute atomic E-state index is 0.0406. The number of carbonyl (C=O) groups is 1. The molecule has 3 heteroatoms. The molecule has 1 aromatic heterocycles. The van der Waals surface area contributed by atoms with E-state index in [4.69, 9.17) is 10.8 Å². The Bertz CT molecular complexity index is 577. The Morgan fingerprint density at radius 1 is 1.53 bits per heavy atom. The van der Waals surface area contributed by atoms with Crippen LogP contribution in [0.15, 0.2) is 34.9 Å². The summed E-state index contributed by atoms with van der Waals surface area (Å²) in [6.45, 7) is 1.88. The molecule has 0 bridgehead atoms. The van der Waals surface area contributed by atoms with Crippen LogP contribution in [0, 0.1) is 12.3 Å². The van der Waals surface area contributed by atoms with Crippen LogP contribution in [-0.4, -0.2) is 11.9 Å². The Morgan fingerprint density at radius 2 is 2.29 bits per heavy atom. The number of rotatable bonds is 3. The van der Waals surface area contributed by atoms with Crippen molar-refractivity contribution >= 4 is 16.9 Å². The summed E-state index contributed by atoms with van der Waals surface area (Å²) in [5.41, 5.74) is 1.26. The minimum Gasteiger partial charge on any atom is -0.463 e. The third-order valence-corrected chi connectivity index (χ3v) is 2.53. The summed E-state index contributed by atoms with van der Waals surface area (Å²) < 4.78 is 5.31. The van der Waals surface area contributed by atoms with E-state index in [0.717, 1.165) is 5.39 Å². The molecule has 2 rings (SSSR count). The maximum Gasteiger partial charge on any atom is 0.255 e. The van der Waals surface area contributed by atoms with Crippen molar-refractivity contribution in [1.29, 1.82) is 0 Å². The number of terminal acetylenes is 1. The fourth-order valence-electron chi connectivity index (χ4n) is 1.68. The number of para-hydroxylation sites is 1. The first-order valence-corrected chi connectivity index (χ1v) is 5.43. The highest BCUT2D eigenvalue weighted by Crippen LogP contribution is 2.20. The smallest absolute Gasteiger partial charge is 0.255 e. The largest absolute Gasteiger partial charge is 0.463 e. The molecule has 0 spiro atoms. The molecule has 3 nitrogen and oxygen atoms in total. The molecule has 1 atom stereocenters. The number of nitrogens with one attached hydrogen (secondary N) is 1. The molecule has 0 aliphatic carbocycles. The Kier molecular flexibility index (Phi) is 3.15. The molecule has 0 fully saturated rings. The lowest BCUT2D eigenvalue weighted by atomic mass is 10.1. The van der Waals surface area contributed by atoms with Gasteiger partial charge in [0.15, 0.2) is 0 Å². The summed E-state index contributed by atoms with van der Waals surface area (Å²) in [6.07, 6.45) is 7.18. The lowest BCUT2D eigenvalue weighted by Crippen LogP contribution is -2.32. The third kappa shape index (κ3) is 2.31. The van der Waals surface area contributed by atoms with Gasteiger partial charge in [-0.15, -0.1) is 12.3 Å². The number of benzene rings is 1. The van der Waals surface area contributed by atoms with Crippen LogP contribution < -0.4 is 5.32 Å². The molecule has 0 saturated heterocycles. The molecular weight excluding hydrogens is 214 g/mol. The van der Waals surface area contributed by atoms with Gasteiger partial charge in [-0.2, -0.15) is 0 Å². The van der Waals surface area contributed by atoms with Gasteiger partial charge in [0.25, 0.3) is 5.91 Å². The van der Waals surface area contributed by atoms with Gasteiger partial charge in [0.1, 0.15) is 11.8 Å². The van der Waals surface area contributed by atoms with Gasteiger partial charge in [0, 0.05) is 17.8 Å². The fraction of sp³-hybridized carbons (Fsp3) is 0.214. The second-order valence-electron chi connectivity index (χ2n) is 3.93. The van der Waals surface area contributed by atoms with Gasteiger partial charge in [-0.1, -0.05) is 18.2 Å². The Hall–Kier alpha value is -2.21. The van der Waals surface area contributed by atoms with Crippen molar-refractivity contribution in [3.05, 3.63) is 36.1 Å². The van der Waals surface area contributed by atoms with Crippen molar-refractivity contribution in [2.24, 2.45) is 0 Å². The highest BCUT2D eigenvalue weighted by Gasteiger charge is 2.14. The maximum atomic E-state index is 12.0. The molecule has 17 heavy (non-hydrogen) atoms. The summed E-state index contributed by atoms with van der Waals surface area (Å²) in [6, 6.07) is 7.39. The molecule has 2 aromatic rings. The molecular formula is C14H13NO2. The van der Waals surface area contributed by atoms with E-state index >= 15 is 0 Å². The molecule has 1 aromatic carbocycles. The molecule has 1 amide bonds. The van der Waals surface area contributed by atoms with Crippen molar-refractivity contribution in [1.82, 2.24) is 5.32 Å². The van der Waals surface area contributed by atoms with Gasteiger partial charge in [-0.25, -0.2) is 0 Å². The van der Waals surface area contributed by atoms with E-state index < -0.39 is 0 Å². The van der Waals surface area contributed by atoms with Gasteiger partial charge in [0.05, 0.1) is 5.56 Å². The Labute approximate surface area is 99.8 Å². The molecule has 1 unspecified atom stereocenters. The van der Waals surface area contributed by atoms with E-state index in [2.05, 4.69) is 11.2 Å². The maximum absolute atomic E-state index is 12.0. The molecule has 0 saturated carbocycles. The number of fused-ring (bicyclic) bond motifs is 1. The normalized spacial score (nSPS) is 12.0. The number of hydrogen-bond donors (Lipinski definition) is 1. The third-order valence-electron chi connectivity index (χ3n) is 2.53. The van der Waals surface area contributed by atoms with Crippen LogP contribution >= 0.6 is 0 Å². The molecule has 0 aliphatic heterocycles. The van der Waals surface area contributed by atoms with Crippen LogP contribution in [0.1, 0.15) is 23.7 Å². The number of hydrogen-bond acceptors (Lipinski definition) is 2. The lowest BCUT2D eigenvalue weighted by molar-refractivity contribution is 0.0941. The van der Waals surface area contributed by atoms with E-state index in [-0.39, 0.29) is 11.9 Å². The van der Waals surface area contributed by atoms with E-state index in [1.165, 1.54) is 6.26 Å². The van der Waals surface area contributed by atoms with Crippen LogP contribution in [0.3, 0.4) is 0 Å². The topological polar surface area (TPSA) is 42.2 Å². The highest BCUT2D eigenvalue weighted by atomic mass is 16.3. The van der Waals surface area contributed by atoms with Crippen molar-refractivity contribution in [3.8, 4) is 12.3 Å². The van der Waals surface area contributed by atoms with E-state index in [1.807, 2.05) is 31.2 Å². The zero-order valence-corrected chi connectivity index (χ0v) is 9.57. The number of carbonyl (C=O) groups excluding carboxylic acids is 1. The second kappa shape index (κ2) is 4.75. The van der Waals surface area contributed by atoms with Crippen molar-refractivity contribution in [3.63, 3.8) is 0 Å². The zero-order chi connectivity index (χ0) is 12.3. The van der Waals surface area contributed by atoms with Gasteiger partial charge in [0.2, 0.25) is 0 Å². The first-order chi connectivity index (χ1) is 8.22. The summed E-state index contributed by atoms with van der Waals surface area (Å²) in [4.78, 5) is 12.0. The summed E-state index contributed by atoms with van der Waals surface area (Å²) in [7, 11) is 0. The quantitative estimate of drug-likeness (QED) is 0.819. The summed E-state index contributed by atoms with van der Waals surface area (Å²) in [5.74, 6) is 2.36. The predicted octanol–water partition coefficient (Wildman–Crippen LogP) is 2.57. The Morgan fingerprint density at radius 3 is 3.06 bits per heavy atom. The van der Waals surface area contributed by atoms with Crippen LogP contribution in [0.5, 0.6) is 0 Å². The Balaban J connectivity index is 2.23. The highest BCUT2D eigenvalue weighted by molar-refractivity contribution is 6.05. The van der Waals surface area contributed by atoms with Gasteiger partial charge in [-0.3, -0.25) is 4.79 Å². The SMILES string of the molecule is C#CCC(C)NC(=O)c1coc2ccccc12. The molecule has 0 radical (unpaired) electrons. The lowest BCUT2D eigenvalue weighted by Gasteiger charge is -2.09. The van der Waals surface area contributed by atoms with Gasteiger partial charge >= 0.3 is 0 Å². The van der Waals surface area contributed by atoms with Crippen LogP contribution in [0.25, 0.3) is 11.0 Å². The predicted molar refractivity (Wildman–Crippen MR) is 66.6 cm³/mol. The summed E-state index contributed by atoms with van der Waals surface area (Å²) in [5, 5.41) is 3.65. The van der Waals surface area contributed by atoms with E-state index in [0.29, 0.717) is 17.6 Å². The molecule has 1 heterocycles. The van der Waals surface area contributed by atoms with Gasteiger partial charge in [-0.05, 0) is 13.0 Å². The van der Waals surface area contributed by atoms with Crippen molar-refractivity contribution < 1.29 is 9.21 Å². The van der Waals surface area contributed by atoms with Crippen LogP contribution in [0.2, 0.25) is 0 Å². The van der Waals surface area contributed by atoms with Crippen molar-refractivity contribution in [2.75, 3.05) is 0 Å². The average molecular weight is 227 g/mol. The summed E-state index contributed by atoms with van der Waals surface area (Å²) >= 11 is 0. The average Bonchev–Trinajstić information content (AvgIpc) is 2.72. The van der Waals surface area contributed by atoms with Crippen molar-refractivity contribution in [2.45, 2.75) is 19.4 Å².